The molecule has 0 atom stereocenters. The number of carbonyl (C=O) groups excluding carboxylic acids is 1. The van der Waals surface area contributed by atoms with Gasteiger partial charge in [-0.2, -0.15) is 0 Å². The molecule has 0 aromatic heterocycles. The first-order valence-corrected chi connectivity index (χ1v) is 8.74. The van der Waals surface area contributed by atoms with E-state index in [1.54, 1.807) is 0 Å². The molecule has 1 fully saturated rings. The van der Waals surface area contributed by atoms with Crippen molar-refractivity contribution >= 4 is 5.78 Å². The number of carbonyl (C=O) groups is 1. The zero-order chi connectivity index (χ0) is 16.8. The van der Waals surface area contributed by atoms with Crippen LogP contribution in [0, 0.1) is 12.8 Å². The molecule has 1 aliphatic rings. The highest BCUT2D eigenvalue weighted by Crippen LogP contribution is 2.22. The molecule has 2 aromatic rings. The number of ketones is 1. The average Bonchev–Trinajstić information content (AvgIpc) is 2.64. The summed E-state index contributed by atoms with van der Waals surface area (Å²) in [6.07, 6.45) is 1.89. The lowest BCUT2D eigenvalue weighted by molar-refractivity contribution is 0.0827. The Hall–Kier alpha value is -2.13. The number of ether oxygens (including phenoxy) is 1. The molecule has 1 saturated heterocycles. The van der Waals surface area contributed by atoms with E-state index >= 15 is 0 Å². The van der Waals surface area contributed by atoms with E-state index in [2.05, 4.69) is 17.9 Å². The molecule has 0 radical (unpaired) electrons. The summed E-state index contributed by atoms with van der Waals surface area (Å²) in [7, 11) is 0. The predicted octanol–water partition coefficient (Wildman–Crippen LogP) is 3.97. The molecule has 0 amide bonds. The van der Waals surface area contributed by atoms with E-state index in [1.165, 1.54) is 5.56 Å². The molecule has 3 rings (SSSR count). The molecule has 3 heteroatoms. The van der Waals surface area contributed by atoms with Crippen LogP contribution in [0.3, 0.4) is 0 Å². The van der Waals surface area contributed by atoms with Gasteiger partial charge in [-0.25, -0.2) is 0 Å². The van der Waals surface area contributed by atoms with Crippen molar-refractivity contribution in [2.24, 2.45) is 5.92 Å². The smallest absolute Gasteiger partial charge is 0.166 e. The Kier molecular flexibility index (Phi) is 5.65. The van der Waals surface area contributed by atoms with Crippen LogP contribution in [-0.4, -0.2) is 36.9 Å². The average molecular weight is 323 g/mol. The third-order valence-corrected chi connectivity index (χ3v) is 4.78. The van der Waals surface area contributed by atoms with Gasteiger partial charge in [0.1, 0.15) is 12.4 Å². The maximum Gasteiger partial charge on any atom is 0.166 e. The van der Waals surface area contributed by atoms with Crippen molar-refractivity contribution in [2.75, 3.05) is 26.2 Å². The molecule has 1 heterocycles. The van der Waals surface area contributed by atoms with Crippen molar-refractivity contribution in [3.05, 3.63) is 65.7 Å². The van der Waals surface area contributed by atoms with E-state index in [4.69, 9.17) is 4.74 Å². The fraction of sp³-hybridized carbons (Fsp3) is 0.381. The third kappa shape index (κ3) is 4.24. The van der Waals surface area contributed by atoms with Gasteiger partial charge in [0, 0.05) is 18.0 Å². The lowest BCUT2D eigenvalue weighted by atomic mass is 9.89. The SMILES string of the molecule is Cc1ccccc1OCCN1CCC(C(=O)c2ccccc2)CC1. The number of likely N-dealkylation sites (tertiary alicyclic amines) is 1. The summed E-state index contributed by atoms with van der Waals surface area (Å²) in [4.78, 5) is 14.9. The summed E-state index contributed by atoms with van der Waals surface area (Å²) < 4.78 is 5.87. The number of aryl methyl sites for hydroxylation is 1. The second kappa shape index (κ2) is 8.11. The summed E-state index contributed by atoms with van der Waals surface area (Å²) >= 11 is 0. The van der Waals surface area contributed by atoms with E-state index in [1.807, 2.05) is 48.5 Å². The molecule has 0 spiro atoms. The summed E-state index contributed by atoms with van der Waals surface area (Å²) in [5.41, 5.74) is 2.02. The van der Waals surface area contributed by atoms with Crippen molar-refractivity contribution in [3.8, 4) is 5.75 Å². The van der Waals surface area contributed by atoms with E-state index in [9.17, 15) is 4.79 Å². The van der Waals surface area contributed by atoms with Gasteiger partial charge >= 0.3 is 0 Å². The summed E-state index contributed by atoms with van der Waals surface area (Å²) in [6.45, 7) is 5.62. The Morgan fingerprint density at radius 2 is 1.71 bits per heavy atom. The van der Waals surface area contributed by atoms with E-state index in [0.717, 1.165) is 43.8 Å². The Balaban J connectivity index is 1.42. The molecule has 3 nitrogen and oxygen atoms in total. The van der Waals surface area contributed by atoms with Crippen LogP contribution < -0.4 is 4.74 Å². The Labute approximate surface area is 144 Å². The van der Waals surface area contributed by atoms with Crippen molar-refractivity contribution in [3.63, 3.8) is 0 Å². The normalized spacial score (nSPS) is 16.0. The topological polar surface area (TPSA) is 29.5 Å². The molecular weight excluding hydrogens is 298 g/mol. The van der Waals surface area contributed by atoms with Crippen LogP contribution in [0.1, 0.15) is 28.8 Å². The highest BCUT2D eigenvalue weighted by atomic mass is 16.5. The lowest BCUT2D eigenvalue weighted by Crippen LogP contribution is -2.38. The summed E-state index contributed by atoms with van der Waals surface area (Å²) in [5, 5.41) is 0. The first-order valence-electron chi connectivity index (χ1n) is 8.74. The monoisotopic (exact) mass is 323 g/mol. The standard InChI is InChI=1S/C21H25NO2/c1-17-7-5-6-10-20(17)24-16-15-22-13-11-19(12-14-22)21(23)18-8-3-2-4-9-18/h2-10,19H,11-16H2,1H3. The Morgan fingerprint density at radius 3 is 2.42 bits per heavy atom. The zero-order valence-corrected chi connectivity index (χ0v) is 14.3. The molecule has 0 unspecified atom stereocenters. The largest absolute Gasteiger partial charge is 0.492 e. The molecule has 0 aliphatic carbocycles. The van der Waals surface area contributed by atoms with Crippen LogP contribution in [-0.2, 0) is 0 Å². The maximum atomic E-state index is 12.5. The van der Waals surface area contributed by atoms with Gasteiger partial charge in [-0.15, -0.1) is 0 Å². The lowest BCUT2D eigenvalue weighted by Gasteiger charge is -2.31. The van der Waals surface area contributed by atoms with Gasteiger partial charge in [0.05, 0.1) is 0 Å². The van der Waals surface area contributed by atoms with Gasteiger partial charge in [0.25, 0.3) is 0 Å². The summed E-state index contributed by atoms with van der Waals surface area (Å²) in [6, 6.07) is 17.8. The van der Waals surface area contributed by atoms with Gasteiger partial charge in [-0.05, 0) is 44.5 Å². The molecular formula is C21H25NO2. The van der Waals surface area contributed by atoms with Gasteiger partial charge in [-0.1, -0.05) is 48.5 Å². The summed E-state index contributed by atoms with van der Waals surface area (Å²) in [5.74, 6) is 1.43. The molecule has 2 aromatic carbocycles. The van der Waals surface area contributed by atoms with Crippen LogP contribution in [0.25, 0.3) is 0 Å². The predicted molar refractivity (Wildman–Crippen MR) is 96.6 cm³/mol. The molecule has 0 saturated carbocycles. The first-order chi connectivity index (χ1) is 11.7. The van der Waals surface area contributed by atoms with Gasteiger partial charge in [0.15, 0.2) is 5.78 Å². The van der Waals surface area contributed by atoms with Crippen molar-refractivity contribution in [2.45, 2.75) is 19.8 Å². The Morgan fingerprint density at radius 1 is 1.04 bits per heavy atom. The second-order valence-electron chi connectivity index (χ2n) is 6.46. The van der Waals surface area contributed by atoms with Gasteiger partial charge in [-0.3, -0.25) is 9.69 Å². The minimum absolute atomic E-state index is 0.168. The number of Topliss-reactive ketones (excluding diaryl/α,β-unsaturated/α-hetero) is 1. The number of benzene rings is 2. The minimum Gasteiger partial charge on any atom is -0.492 e. The molecule has 0 N–H and O–H groups in total. The van der Waals surface area contributed by atoms with Crippen molar-refractivity contribution < 1.29 is 9.53 Å². The van der Waals surface area contributed by atoms with Crippen LogP contribution in [0.15, 0.2) is 54.6 Å². The van der Waals surface area contributed by atoms with Crippen LogP contribution in [0.2, 0.25) is 0 Å². The fourth-order valence-electron chi connectivity index (χ4n) is 3.26. The quantitative estimate of drug-likeness (QED) is 0.753. The fourth-order valence-corrected chi connectivity index (χ4v) is 3.26. The highest BCUT2D eigenvalue weighted by molar-refractivity contribution is 5.97. The zero-order valence-electron chi connectivity index (χ0n) is 14.3. The van der Waals surface area contributed by atoms with Crippen molar-refractivity contribution in [1.82, 2.24) is 4.90 Å². The third-order valence-electron chi connectivity index (χ3n) is 4.78. The van der Waals surface area contributed by atoms with Crippen LogP contribution in [0.4, 0.5) is 0 Å². The highest BCUT2D eigenvalue weighted by Gasteiger charge is 2.25. The van der Waals surface area contributed by atoms with E-state index in [0.29, 0.717) is 12.4 Å². The molecule has 126 valence electrons. The minimum atomic E-state index is 0.168. The van der Waals surface area contributed by atoms with Crippen LogP contribution in [0.5, 0.6) is 5.75 Å². The maximum absolute atomic E-state index is 12.5. The molecule has 24 heavy (non-hydrogen) atoms. The van der Waals surface area contributed by atoms with E-state index < -0.39 is 0 Å². The molecule has 0 bridgehead atoms. The number of rotatable bonds is 6. The van der Waals surface area contributed by atoms with Crippen molar-refractivity contribution in [1.29, 1.82) is 0 Å². The first kappa shape index (κ1) is 16.7. The van der Waals surface area contributed by atoms with Crippen LogP contribution >= 0.6 is 0 Å². The number of para-hydroxylation sites is 1. The van der Waals surface area contributed by atoms with E-state index in [-0.39, 0.29) is 5.92 Å². The second-order valence-corrected chi connectivity index (χ2v) is 6.46. The Bertz CT molecular complexity index is 661. The molecule has 1 aliphatic heterocycles. The number of hydrogen-bond acceptors (Lipinski definition) is 3. The van der Waals surface area contributed by atoms with Gasteiger partial charge in [0.2, 0.25) is 0 Å². The number of piperidine rings is 1. The number of hydrogen-bond donors (Lipinski definition) is 0. The number of nitrogens with zero attached hydrogens (tertiary/aromatic N) is 1. The van der Waals surface area contributed by atoms with Gasteiger partial charge < -0.3 is 4.74 Å².